The molecule has 0 aliphatic carbocycles. The smallest absolute Gasteiger partial charge is 0.243 e. The molecule has 0 N–H and O–H groups in total. The van der Waals surface area contributed by atoms with E-state index in [0.29, 0.717) is 6.29 Å². The van der Waals surface area contributed by atoms with Crippen LogP contribution in [0, 0.1) is 0 Å². The Morgan fingerprint density at radius 3 is 2.25 bits per heavy atom. The molecule has 0 bridgehead atoms. The summed E-state index contributed by atoms with van der Waals surface area (Å²) in [7, 11) is -1.01. The molecule has 7 heteroatoms. The van der Waals surface area contributed by atoms with E-state index >= 15 is 0 Å². The number of hydrogen-bond acceptors (Lipinski definition) is 3. The van der Waals surface area contributed by atoms with Gasteiger partial charge < -0.3 is 0 Å². The van der Waals surface area contributed by atoms with E-state index in [1.54, 1.807) is 0 Å². The van der Waals surface area contributed by atoms with Crippen molar-refractivity contribution in [2.45, 2.75) is 4.90 Å². The molecule has 0 spiro atoms. The molecule has 0 saturated heterocycles. The quantitative estimate of drug-likeness (QED) is 0.797. The minimum Gasteiger partial charge on any atom is -0.298 e. The zero-order chi connectivity index (χ0) is 12.5. The number of carbonyl (C=O) groups is 1. The summed E-state index contributed by atoms with van der Waals surface area (Å²) < 4.78 is 24.7. The van der Waals surface area contributed by atoms with Crippen LogP contribution in [0.4, 0.5) is 0 Å². The first-order valence-corrected chi connectivity index (χ1v) is 6.37. The molecule has 0 fully saturated rings. The second-order valence-corrected chi connectivity index (χ2v) is 6.17. The highest BCUT2D eigenvalue weighted by Crippen LogP contribution is 2.28. The van der Waals surface area contributed by atoms with Crippen LogP contribution in [0.1, 0.15) is 10.4 Å². The molecule has 0 aliphatic heterocycles. The van der Waals surface area contributed by atoms with Crippen LogP contribution < -0.4 is 0 Å². The summed E-state index contributed by atoms with van der Waals surface area (Å²) in [5.74, 6) is 0. The van der Waals surface area contributed by atoms with Crippen LogP contribution in [0.25, 0.3) is 0 Å². The summed E-state index contributed by atoms with van der Waals surface area (Å²) >= 11 is 11.5. The zero-order valence-electron chi connectivity index (χ0n) is 8.57. The maximum absolute atomic E-state index is 11.9. The minimum absolute atomic E-state index is 0.0166. The Morgan fingerprint density at radius 1 is 1.25 bits per heavy atom. The summed E-state index contributed by atoms with van der Waals surface area (Å²) in [6, 6.07) is 2.52. The van der Waals surface area contributed by atoms with Crippen molar-refractivity contribution in [3.8, 4) is 0 Å². The summed E-state index contributed by atoms with van der Waals surface area (Å²) in [4.78, 5) is 10.6. The topological polar surface area (TPSA) is 54.5 Å². The number of benzene rings is 1. The van der Waals surface area contributed by atoms with Crippen LogP contribution >= 0.6 is 23.2 Å². The highest BCUT2D eigenvalue weighted by atomic mass is 35.5. The molecule has 0 aromatic heterocycles. The molecule has 1 aromatic rings. The van der Waals surface area contributed by atoms with Crippen molar-refractivity contribution in [3.63, 3.8) is 0 Å². The lowest BCUT2D eigenvalue weighted by molar-refractivity contribution is 0.112. The molecule has 0 heterocycles. The molecule has 0 atom stereocenters. The first-order chi connectivity index (χ1) is 7.30. The highest BCUT2D eigenvalue weighted by Gasteiger charge is 2.23. The van der Waals surface area contributed by atoms with E-state index in [2.05, 4.69) is 0 Å². The van der Waals surface area contributed by atoms with Gasteiger partial charge in [0.2, 0.25) is 10.0 Å². The van der Waals surface area contributed by atoms with Gasteiger partial charge in [-0.25, -0.2) is 12.7 Å². The third kappa shape index (κ3) is 2.38. The molecule has 0 aliphatic rings. The molecule has 0 radical (unpaired) electrons. The van der Waals surface area contributed by atoms with Crippen molar-refractivity contribution in [2.75, 3.05) is 14.1 Å². The van der Waals surface area contributed by atoms with E-state index in [1.807, 2.05) is 0 Å². The van der Waals surface area contributed by atoms with E-state index in [-0.39, 0.29) is 20.5 Å². The fourth-order valence-corrected chi connectivity index (χ4v) is 2.85. The molecule has 1 aromatic carbocycles. The van der Waals surface area contributed by atoms with Gasteiger partial charge in [0.15, 0.2) is 6.29 Å². The average molecular weight is 282 g/mol. The molecule has 1 rings (SSSR count). The van der Waals surface area contributed by atoms with Crippen LogP contribution in [0.3, 0.4) is 0 Å². The first kappa shape index (κ1) is 13.4. The van der Waals surface area contributed by atoms with Crippen LogP contribution in [0.5, 0.6) is 0 Å². The third-order valence-corrected chi connectivity index (χ3v) is 4.32. The lowest BCUT2D eigenvalue weighted by Crippen LogP contribution is -2.23. The van der Waals surface area contributed by atoms with Crippen LogP contribution in [-0.4, -0.2) is 33.1 Å². The lowest BCUT2D eigenvalue weighted by Gasteiger charge is -2.13. The molecule has 0 saturated carbocycles. The number of aldehydes is 1. The number of rotatable bonds is 3. The Balaban J connectivity index is 3.62. The predicted molar refractivity (Wildman–Crippen MR) is 62.7 cm³/mol. The lowest BCUT2D eigenvalue weighted by atomic mass is 10.2. The molecule has 4 nitrogen and oxygen atoms in total. The van der Waals surface area contributed by atoms with Gasteiger partial charge in [0.05, 0.1) is 15.5 Å². The molecular weight excluding hydrogens is 273 g/mol. The zero-order valence-corrected chi connectivity index (χ0v) is 10.9. The van der Waals surface area contributed by atoms with Crippen molar-refractivity contribution in [1.82, 2.24) is 4.31 Å². The molecular formula is C9H9Cl2NO3S. The summed E-state index contributed by atoms with van der Waals surface area (Å²) in [5, 5.41) is 0.180. The SMILES string of the molecule is CN(C)S(=O)(=O)c1cc(Cl)cc(Cl)c1C=O. The van der Waals surface area contributed by atoms with Crippen LogP contribution in [-0.2, 0) is 10.0 Å². The predicted octanol–water partition coefficient (Wildman–Crippen LogP) is 2.06. The fourth-order valence-electron chi connectivity index (χ4n) is 1.09. The Labute approximate surface area is 104 Å². The normalized spacial score (nSPS) is 11.8. The summed E-state index contributed by atoms with van der Waals surface area (Å²) in [6.07, 6.45) is 0.398. The third-order valence-electron chi connectivity index (χ3n) is 1.93. The van der Waals surface area contributed by atoms with Gasteiger partial charge in [-0.2, -0.15) is 0 Å². The second kappa shape index (κ2) is 4.71. The monoisotopic (exact) mass is 281 g/mol. The Kier molecular flexibility index (Phi) is 3.96. The van der Waals surface area contributed by atoms with E-state index < -0.39 is 10.0 Å². The maximum atomic E-state index is 11.9. The van der Waals surface area contributed by atoms with E-state index in [9.17, 15) is 13.2 Å². The van der Waals surface area contributed by atoms with Gasteiger partial charge in [-0.3, -0.25) is 4.79 Å². The highest BCUT2D eigenvalue weighted by molar-refractivity contribution is 7.89. The van der Waals surface area contributed by atoms with Crippen LogP contribution in [0.15, 0.2) is 17.0 Å². The van der Waals surface area contributed by atoms with E-state index in [4.69, 9.17) is 23.2 Å². The average Bonchev–Trinajstić information content (AvgIpc) is 2.16. The first-order valence-electron chi connectivity index (χ1n) is 4.17. The van der Waals surface area contributed by atoms with Gasteiger partial charge in [0.1, 0.15) is 0 Å². The molecule has 0 amide bonds. The standard InChI is InChI=1S/C9H9Cl2NO3S/c1-12(2)16(14,15)9-4-6(10)3-8(11)7(9)5-13/h3-5H,1-2H3. The largest absolute Gasteiger partial charge is 0.298 e. The number of hydrogen-bond donors (Lipinski definition) is 0. The van der Waals surface area contributed by atoms with Gasteiger partial charge >= 0.3 is 0 Å². The van der Waals surface area contributed by atoms with Gasteiger partial charge in [-0.1, -0.05) is 23.2 Å². The number of nitrogens with zero attached hydrogens (tertiary/aromatic N) is 1. The Hall–Kier alpha value is -0.620. The van der Waals surface area contributed by atoms with Crippen molar-refractivity contribution in [1.29, 1.82) is 0 Å². The summed E-state index contributed by atoms with van der Waals surface area (Å²) in [6.45, 7) is 0. The maximum Gasteiger partial charge on any atom is 0.243 e. The van der Waals surface area contributed by atoms with Gasteiger partial charge in [0, 0.05) is 19.1 Å². The van der Waals surface area contributed by atoms with Crippen molar-refractivity contribution >= 4 is 39.5 Å². The van der Waals surface area contributed by atoms with E-state index in [1.165, 1.54) is 26.2 Å². The minimum atomic E-state index is -3.73. The second-order valence-electron chi connectivity index (χ2n) is 3.20. The Bertz CT molecular complexity index is 526. The number of carbonyl (C=O) groups excluding carboxylic acids is 1. The fraction of sp³-hybridized carbons (Fsp3) is 0.222. The molecule has 0 unspecified atom stereocenters. The number of halogens is 2. The van der Waals surface area contributed by atoms with Crippen LogP contribution in [0.2, 0.25) is 10.0 Å². The van der Waals surface area contributed by atoms with Gasteiger partial charge in [0.25, 0.3) is 0 Å². The van der Waals surface area contributed by atoms with E-state index in [0.717, 1.165) is 4.31 Å². The Morgan fingerprint density at radius 2 is 1.81 bits per heavy atom. The summed E-state index contributed by atoms with van der Waals surface area (Å²) in [5.41, 5.74) is -0.0835. The van der Waals surface area contributed by atoms with Crippen molar-refractivity contribution in [3.05, 3.63) is 27.7 Å². The molecule has 16 heavy (non-hydrogen) atoms. The number of sulfonamides is 1. The van der Waals surface area contributed by atoms with Gasteiger partial charge in [-0.15, -0.1) is 0 Å². The van der Waals surface area contributed by atoms with Crippen molar-refractivity contribution in [2.24, 2.45) is 0 Å². The molecule has 88 valence electrons. The van der Waals surface area contributed by atoms with Crippen molar-refractivity contribution < 1.29 is 13.2 Å². The van der Waals surface area contributed by atoms with Gasteiger partial charge in [-0.05, 0) is 12.1 Å².